The average Bonchev–Trinajstić information content (AvgIpc) is 2.88. The third-order valence-corrected chi connectivity index (χ3v) is 5.87. The Hall–Kier alpha value is -0.390. The van der Waals surface area contributed by atoms with Crippen LogP contribution in [0.4, 0.5) is 0 Å². The second-order valence-corrected chi connectivity index (χ2v) is 7.68. The van der Waals surface area contributed by atoms with Crippen molar-refractivity contribution >= 4 is 38.9 Å². The molecule has 1 aliphatic rings. The van der Waals surface area contributed by atoms with E-state index in [0.717, 1.165) is 47.5 Å². The SMILES string of the molecule is OC1CCN(Cc2ccc(-c3cc(Br)cs3)c(Cl)c2)CC1. The molecule has 21 heavy (non-hydrogen) atoms. The number of hydrogen-bond donors (Lipinski definition) is 1. The zero-order valence-corrected chi connectivity index (χ0v) is 14.7. The van der Waals surface area contributed by atoms with Crippen molar-refractivity contribution in [1.82, 2.24) is 4.90 Å². The van der Waals surface area contributed by atoms with E-state index in [2.05, 4.69) is 50.5 Å². The summed E-state index contributed by atoms with van der Waals surface area (Å²) in [5.74, 6) is 0. The summed E-state index contributed by atoms with van der Waals surface area (Å²) in [6.45, 7) is 2.82. The molecule has 3 rings (SSSR count). The highest BCUT2D eigenvalue weighted by Crippen LogP contribution is 2.35. The minimum absolute atomic E-state index is 0.121. The van der Waals surface area contributed by atoms with Crippen LogP contribution < -0.4 is 0 Å². The Morgan fingerprint density at radius 3 is 2.67 bits per heavy atom. The summed E-state index contributed by atoms with van der Waals surface area (Å²) in [5, 5.41) is 12.4. The van der Waals surface area contributed by atoms with Crippen molar-refractivity contribution in [1.29, 1.82) is 0 Å². The summed E-state index contributed by atoms with van der Waals surface area (Å²) in [5.41, 5.74) is 2.32. The van der Waals surface area contributed by atoms with Gasteiger partial charge in [0, 0.05) is 45.0 Å². The number of halogens is 2. The van der Waals surface area contributed by atoms with E-state index in [0.29, 0.717) is 0 Å². The van der Waals surface area contributed by atoms with Crippen LogP contribution in [0.1, 0.15) is 18.4 Å². The van der Waals surface area contributed by atoms with Crippen LogP contribution in [0, 0.1) is 0 Å². The fraction of sp³-hybridized carbons (Fsp3) is 0.375. The van der Waals surface area contributed by atoms with Gasteiger partial charge in [0.1, 0.15) is 0 Å². The largest absolute Gasteiger partial charge is 0.393 e. The first kappa shape index (κ1) is 15.5. The molecule has 112 valence electrons. The van der Waals surface area contributed by atoms with Crippen molar-refractivity contribution in [2.75, 3.05) is 13.1 Å². The molecule has 1 saturated heterocycles. The van der Waals surface area contributed by atoms with Gasteiger partial charge in [0.05, 0.1) is 6.10 Å². The highest BCUT2D eigenvalue weighted by Gasteiger charge is 2.17. The Morgan fingerprint density at radius 1 is 1.29 bits per heavy atom. The molecule has 0 bridgehead atoms. The van der Waals surface area contributed by atoms with E-state index in [1.807, 2.05) is 0 Å². The molecule has 0 atom stereocenters. The maximum Gasteiger partial charge on any atom is 0.0564 e. The fourth-order valence-electron chi connectivity index (χ4n) is 2.65. The lowest BCUT2D eigenvalue weighted by molar-refractivity contribution is 0.0792. The summed E-state index contributed by atoms with van der Waals surface area (Å²) >= 11 is 11.6. The van der Waals surface area contributed by atoms with Crippen molar-refractivity contribution in [3.8, 4) is 10.4 Å². The van der Waals surface area contributed by atoms with E-state index in [-0.39, 0.29) is 6.10 Å². The van der Waals surface area contributed by atoms with Crippen LogP contribution >= 0.6 is 38.9 Å². The van der Waals surface area contributed by atoms with Crippen LogP contribution in [0.15, 0.2) is 34.1 Å². The first-order chi connectivity index (χ1) is 10.1. The third kappa shape index (κ3) is 3.88. The molecule has 1 aromatic carbocycles. The zero-order chi connectivity index (χ0) is 14.8. The lowest BCUT2D eigenvalue weighted by atomic mass is 10.1. The maximum absolute atomic E-state index is 9.55. The van der Waals surface area contributed by atoms with Crippen molar-refractivity contribution in [2.45, 2.75) is 25.5 Å². The Balaban J connectivity index is 1.72. The monoisotopic (exact) mass is 385 g/mol. The van der Waals surface area contributed by atoms with E-state index in [1.165, 1.54) is 10.4 Å². The molecule has 1 aliphatic heterocycles. The molecule has 2 aromatic rings. The Labute approximate surface area is 142 Å². The van der Waals surface area contributed by atoms with Crippen LogP contribution in [0.5, 0.6) is 0 Å². The van der Waals surface area contributed by atoms with Crippen molar-refractivity contribution in [3.63, 3.8) is 0 Å². The van der Waals surface area contributed by atoms with Gasteiger partial charge < -0.3 is 5.11 Å². The molecule has 1 fully saturated rings. The van der Waals surface area contributed by atoms with Gasteiger partial charge in [-0.3, -0.25) is 4.90 Å². The number of benzene rings is 1. The predicted octanol–water partition coefficient (Wildman–Crippen LogP) is 4.79. The van der Waals surface area contributed by atoms with Crippen molar-refractivity contribution in [3.05, 3.63) is 44.7 Å². The molecule has 1 N–H and O–H groups in total. The Bertz CT molecular complexity index is 622. The summed E-state index contributed by atoms with van der Waals surface area (Å²) in [4.78, 5) is 3.55. The Kier molecular flexibility index (Phi) is 5.02. The number of aliphatic hydroxyl groups excluding tert-OH is 1. The van der Waals surface area contributed by atoms with Gasteiger partial charge in [0.15, 0.2) is 0 Å². The van der Waals surface area contributed by atoms with Gasteiger partial charge in [0.2, 0.25) is 0 Å². The fourth-order valence-corrected chi connectivity index (χ4v) is 4.48. The zero-order valence-electron chi connectivity index (χ0n) is 11.6. The van der Waals surface area contributed by atoms with Gasteiger partial charge >= 0.3 is 0 Å². The van der Waals surface area contributed by atoms with Gasteiger partial charge in [-0.2, -0.15) is 0 Å². The van der Waals surface area contributed by atoms with E-state index < -0.39 is 0 Å². The summed E-state index contributed by atoms with van der Waals surface area (Å²) in [6.07, 6.45) is 1.62. The molecule has 0 radical (unpaired) electrons. The predicted molar refractivity (Wildman–Crippen MR) is 93.0 cm³/mol. The summed E-state index contributed by atoms with van der Waals surface area (Å²) in [6, 6.07) is 8.42. The Morgan fingerprint density at radius 2 is 2.05 bits per heavy atom. The minimum Gasteiger partial charge on any atom is -0.393 e. The van der Waals surface area contributed by atoms with Crippen LogP contribution in [0.25, 0.3) is 10.4 Å². The smallest absolute Gasteiger partial charge is 0.0564 e. The second kappa shape index (κ2) is 6.80. The third-order valence-electron chi connectivity index (χ3n) is 3.83. The molecular formula is C16H17BrClNOS. The first-order valence-electron chi connectivity index (χ1n) is 7.05. The molecular weight excluding hydrogens is 370 g/mol. The van der Waals surface area contributed by atoms with Gasteiger partial charge in [-0.05, 0) is 46.5 Å². The number of hydrogen-bond acceptors (Lipinski definition) is 3. The molecule has 0 unspecified atom stereocenters. The topological polar surface area (TPSA) is 23.5 Å². The number of rotatable bonds is 3. The second-order valence-electron chi connectivity index (χ2n) is 5.45. The van der Waals surface area contributed by atoms with Crippen LogP contribution in [-0.4, -0.2) is 29.2 Å². The average molecular weight is 387 g/mol. The summed E-state index contributed by atoms with van der Waals surface area (Å²) in [7, 11) is 0. The van der Waals surface area contributed by atoms with Gasteiger partial charge in [-0.15, -0.1) is 11.3 Å². The highest BCUT2D eigenvalue weighted by molar-refractivity contribution is 9.10. The summed E-state index contributed by atoms with van der Waals surface area (Å²) < 4.78 is 1.09. The van der Waals surface area contributed by atoms with Crippen molar-refractivity contribution in [2.24, 2.45) is 0 Å². The van der Waals surface area contributed by atoms with E-state index in [1.54, 1.807) is 11.3 Å². The van der Waals surface area contributed by atoms with E-state index >= 15 is 0 Å². The van der Waals surface area contributed by atoms with Crippen LogP contribution in [0.2, 0.25) is 5.02 Å². The highest BCUT2D eigenvalue weighted by atomic mass is 79.9. The number of piperidine rings is 1. The van der Waals surface area contributed by atoms with Gasteiger partial charge in [-0.25, -0.2) is 0 Å². The van der Waals surface area contributed by atoms with Crippen molar-refractivity contribution < 1.29 is 5.11 Å². The molecule has 5 heteroatoms. The molecule has 0 amide bonds. The van der Waals surface area contributed by atoms with Gasteiger partial charge in [-0.1, -0.05) is 23.7 Å². The molecule has 0 aliphatic carbocycles. The van der Waals surface area contributed by atoms with Crippen LogP contribution in [-0.2, 0) is 6.54 Å². The first-order valence-corrected chi connectivity index (χ1v) is 9.10. The number of thiophene rings is 1. The quantitative estimate of drug-likeness (QED) is 0.820. The van der Waals surface area contributed by atoms with E-state index in [9.17, 15) is 5.11 Å². The lowest BCUT2D eigenvalue weighted by Gasteiger charge is -2.29. The van der Waals surface area contributed by atoms with Gasteiger partial charge in [0.25, 0.3) is 0 Å². The molecule has 0 saturated carbocycles. The standard InChI is InChI=1S/C16H17BrClNOS/c17-12-8-16(21-10-12)14-2-1-11(7-15(14)18)9-19-5-3-13(20)4-6-19/h1-2,7-8,10,13,20H,3-6,9H2. The number of likely N-dealkylation sites (tertiary alicyclic amines) is 1. The number of aliphatic hydroxyl groups is 1. The number of nitrogens with zero attached hydrogens (tertiary/aromatic N) is 1. The minimum atomic E-state index is -0.121. The van der Waals surface area contributed by atoms with E-state index in [4.69, 9.17) is 11.6 Å². The molecule has 2 nitrogen and oxygen atoms in total. The lowest BCUT2D eigenvalue weighted by Crippen LogP contribution is -2.35. The molecule has 0 spiro atoms. The molecule has 2 heterocycles. The van der Waals surface area contributed by atoms with Crippen LogP contribution in [0.3, 0.4) is 0 Å². The molecule has 1 aromatic heterocycles. The normalized spacial score (nSPS) is 17.3. The maximum atomic E-state index is 9.55.